The van der Waals surface area contributed by atoms with Crippen LogP contribution in [0.15, 0.2) is 12.2 Å². The van der Waals surface area contributed by atoms with Crippen molar-refractivity contribution in [2.75, 3.05) is 33.0 Å². The molecular formula is C51H82O24. The molecule has 0 unspecified atom stereocenters. The minimum absolute atomic E-state index is 0.0987. The summed E-state index contributed by atoms with van der Waals surface area (Å²) in [6.45, 7) is 8.22. The summed E-state index contributed by atoms with van der Waals surface area (Å²) in [6, 6.07) is 0. The summed E-state index contributed by atoms with van der Waals surface area (Å²) in [5, 5.41) is 152. The maximum atomic E-state index is 12.0. The number of fused-ring (bicyclic) bond motifs is 7. The summed E-state index contributed by atoms with van der Waals surface area (Å²) in [5.41, 5.74) is 0.994. The molecule has 0 bridgehead atoms. The molecule has 4 aliphatic carbocycles. The van der Waals surface area contributed by atoms with Crippen LogP contribution in [0.3, 0.4) is 0 Å². The molecule has 32 atom stereocenters. The Morgan fingerprint density at radius 1 is 0.547 bits per heavy atom. The Balaban J connectivity index is 0.832. The van der Waals surface area contributed by atoms with Crippen LogP contribution < -0.4 is 0 Å². The van der Waals surface area contributed by atoms with Gasteiger partial charge in [0.25, 0.3) is 0 Å². The van der Waals surface area contributed by atoms with Gasteiger partial charge < -0.3 is 119 Å². The van der Waals surface area contributed by atoms with Crippen molar-refractivity contribution in [1.29, 1.82) is 0 Å². The molecule has 24 heteroatoms. The molecule has 0 aromatic rings. The Morgan fingerprint density at radius 2 is 1.09 bits per heavy atom. The van der Waals surface area contributed by atoms with E-state index in [1.165, 1.54) is 0 Å². The fourth-order valence-corrected chi connectivity index (χ4v) is 16.0. The van der Waals surface area contributed by atoms with E-state index in [2.05, 4.69) is 27.4 Å². The maximum Gasteiger partial charge on any atom is 0.187 e. The lowest BCUT2D eigenvalue weighted by Gasteiger charge is -2.62. The lowest BCUT2D eigenvalue weighted by atomic mass is 9.44. The van der Waals surface area contributed by atoms with Crippen LogP contribution in [-0.4, -0.2) is 251 Å². The standard InChI is InChI=1S/C51H82O24/c1-19-7-10-51(66-18-19)20(2)32-27(75-51)12-24-22-6-5-21-11-26(25(56)13-50(21,4)23(22)8-9-49(24,32)3)67-45-41(65)38(62)42(31(17-55)71-45)72-48-44(74-47-40(64)37(61)34(58)29(15-53)69-47)43(35(59)30(16-54)70-48)73-46-39(63)36(60)33(57)28(14-52)68-46/h20-48,52-65H,1,5-18H2,2-4H3/t20-,21-,22+,23-,24-,25+,26+,27-,28+,29+,30+,31+,32-,33+,34+,35+,36-,37-,38+,39+,40+,41+,42-,43-,44+,45+,46-,47-,48-,49-,50-,51+/m0/s1. The van der Waals surface area contributed by atoms with Gasteiger partial charge in [-0.15, -0.1) is 0 Å². The van der Waals surface area contributed by atoms with Crippen molar-refractivity contribution in [3.63, 3.8) is 0 Å². The van der Waals surface area contributed by atoms with E-state index in [4.69, 9.17) is 47.4 Å². The first-order valence-electron chi connectivity index (χ1n) is 27.1. The quantitative estimate of drug-likeness (QED) is 0.0654. The topological polar surface area (TPSA) is 376 Å². The third-order valence-electron chi connectivity index (χ3n) is 20.2. The van der Waals surface area contributed by atoms with Gasteiger partial charge >= 0.3 is 0 Å². The summed E-state index contributed by atoms with van der Waals surface area (Å²) in [6.07, 6.45) is -30.8. The molecule has 10 aliphatic rings. The average Bonchev–Trinajstić information content (AvgIpc) is 3.84. The van der Waals surface area contributed by atoms with Gasteiger partial charge in [-0.25, -0.2) is 0 Å². The highest BCUT2D eigenvalue weighted by atomic mass is 16.8. The molecule has 10 rings (SSSR count). The molecule has 6 saturated heterocycles. The van der Waals surface area contributed by atoms with Crippen LogP contribution in [0.2, 0.25) is 0 Å². The number of ether oxygens (including phenoxy) is 10. The second kappa shape index (κ2) is 21.9. The van der Waals surface area contributed by atoms with E-state index < -0.39 is 167 Å². The third kappa shape index (κ3) is 9.71. The lowest BCUT2D eigenvalue weighted by molar-refractivity contribution is -0.407. The van der Waals surface area contributed by atoms with Gasteiger partial charge in [-0.3, -0.25) is 0 Å². The molecule has 0 aromatic heterocycles. The summed E-state index contributed by atoms with van der Waals surface area (Å²) in [4.78, 5) is 0. The largest absolute Gasteiger partial charge is 0.394 e. The van der Waals surface area contributed by atoms with Crippen LogP contribution in [-0.2, 0) is 47.4 Å². The summed E-state index contributed by atoms with van der Waals surface area (Å²) in [7, 11) is 0. The summed E-state index contributed by atoms with van der Waals surface area (Å²) < 4.78 is 61.1. The molecule has 75 heavy (non-hydrogen) atoms. The van der Waals surface area contributed by atoms with E-state index in [0.717, 1.165) is 50.5 Å². The van der Waals surface area contributed by atoms with Crippen LogP contribution in [0.1, 0.15) is 78.6 Å². The number of rotatable bonds is 12. The second-order valence-corrected chi connectivity index (χ2v) is 24.1. The minimum Gasteiger partial charge on any atom is -0.394 e. The Kier molecular flexibility index (Phi) is 16.7. The van der Waals surface area contributed by atoms with Gasteiger partial charge in [0.2, 0.25) is 0 Å². The number of aliphatic hydroxyl groups is 14. The zero-order valence-electron chi connectivity index (χ0n) is 42.7. The van der Waals surface area contributed by atoms with Crippen molar-refractivity contribution in [2.45, 2.75) is 225 Å². The molecule has 6 aliphatic heterocycles. The predicted octanol–water partition coefficient (Wildman–Crippen LogP) is -4.02. The van der Waals surface area contributed by atoms with Gasteiger partial charge in [0.1, 0.15) is 97.7 Å². The molecule has 6 heterocycles. The van der Waals surface area contributed by atoms with Gasteiger partial charge in [-0.05, 0) is 91.8 Å². The van der Waals surface area contributed by atoms with Gasteiger partial charge in [0.05, 0.1) is 51.3 Å². The smallest absolute Gasteiger partial charge is 0.187 e. The van der Waals surface area contributed by atoms with Crippen LogP contribution in [0.4, 0.5) is 0 Å². The van der Waals surface area contributed by atoms with E-state index in [-0.39, 0.29) is 28.8 Å². The molecule has 430 valence electrons. The van der Waals surface area contributed by atoms with Gasteiger partial charge in [-0.1, -0.05) is 32.9 Å². The van der Waals surface area contributed by atoms with Crippen LogP contribution >= 0.6 is 0 Å². The Morgan fingerprint density at radius 3 is 1.69 bits per heavy atom. The van der Waals surface area contributed by atoms with E-state index in [1.807, 2.05) is 0 Å². The lowest BCUT2D eigenvalue weighted by Crippen LogP contribution is -2.69. The Hall–Kier alpha value is -1.22. The number of aliphatic hydroxyl groups excluding tert-OH is 14. The predicted molar refractivity (Wildman–Crippen MR) is 250 cm³/mol. The number of hydrogen-bond acceptors (Lipinski definition) is 24. The fourth-order valence-electron chi connectivity index (χ4n) is 16.0. The minimum atomic E-state index is -2.06. The molecule has 1 spiro atoms. The average molecular weight is 1080 g/mol. The van der Waals surface area contributed by atoms with Crippen molar-refractivity contribution in [3.8, 4) is 0 Å². The van der Waals surface area contributed by atoms with E-state index in [1.54, 1.807) is 0 Å². The maximum absolute atomic E-state index is 12.0. The van der Waals surface area contributed by atoms with Crippen molar-refractivity contribution in [1.82, 2.24) is 0 Å². The first-order valence-corrected chi connectivity index (χ1v) is 27.1. The van der Waals surface area contributed by atoms with Gasteiger partial charge in [0, 0.05) is 12.3 Å². The molecular weight excluding hydrogens is 997 g/mol. The molecule has 10 fully saturated rings. The molecule has 14 N–H and O–H groups in total. The van der Waals surface area contributed by atoms with E-state index in [9.17, 15) is 71.5 Å². The van der Waals surface area contributed by atoms with Crippen molar-refractivity contribution >= 4 is 0 Å². The van der Waals surface area contributed by atoms with Crippen molar-refractivity contribution in [2.24, 2.45) is 46.3 Å². The van der Waals surface area contributed by atoms with E-state index in [0.29, 0.717) is 43.1 Å². The van der Waals surface area contributed by atoms with Gasteiger partial charge in [0.15, 0.2) is 30.9 Å². The first-order chi connectivity index (χ1) is 35.6. The van der Waals surface area contributed by atoms with Crippen LogP contribution in [0.5, 0.6) is 0 Å². The highest BCUT2D eigenvalue weighted by Crippen LogP contribution is 2.71. The highest BCUT2D eigenvalue weighted by molar-refractivity contribution is 5.17. The zero-order chi connectivity index (χ0) is 53.8. The Labute approximate surface area is 434 Å². The van der Waals surface area contributed by atoms with E-state index >= 15 is 0 Å². The van der Waals surface area contributed by atoms with Crippen LogP contribution in [0, 0.1) is 46.3 Å². The van der Waals surface area contributed by atoms with Gasteiger partial charge in [-0.2, -0.15) is 0 Å². The second-order valence-electron chi connectivity index (χ2n) is 24.1. The molecule has 0 aromatic carbocycles. The summed E-state index contributed by atoms with van der Waals surface area (Å²) in [5.74, 6) is 1.55. The fraction of sp³-hybridized carbons (Fsp3) is 0.961. The summed E-state index contributed by atoms with van der Waals surface area (Å²) >= 11 is 0. The highest BCUT2D eigenvalue weighted by Gasteiger charge is 2.70. The zero-order valence-corrected chi connectivity index (χ0v) is 42.7. The normalized spacial score (nSPS) is 57.0. The monoisotopic (exact) mass is 1080 g/mol. The Bertz CT molecular complexity index is 1960. The molecule has 24 nitrogen and oxygen atoms in total. The van der Waals surface area contributed by atoms with Crippen molar-refractivity contribution < 1.29 is 119 Å². The number of hydrogen-bond donors (Lipinski definition) is 14. The molecule has 4 saturated carbocycles. The molecule has 0 radical (unpaired) electrons. The molecule has 0 amide bonds. The SMILES string of the molecule is C=C1CC[C@@]2(OC1)O[C@H]1C[C@H]3[C@@H]4CC[C@H]5C[C@@H](O[C@@H]6O[C@H](CO)[C@H](O[C@@H]7O[C@H](CO)[C@@H](O)[C@H](O[C@@H]8O[C@H](CO)[C@@H](O)[C@H](O)[C@H]8O)[C@H]7O[C@@H]7O[C@H](CO)[C@@H](O)[C@H](O)[C@H]7O)[C@H](O)[C@H]6O)[C@H](O)C[C@]5(C)[C@H]4CC[C@]3(C)[C@H]1[C@@H]2C. The van der Waals surface area contributed by atoms with Crippen molar-refractivity contribution in [3.05, 3.63) is 12.2 Å². The third-order valence-corrected chi connectivity index (χ3v) is 20.2. The first kappa shape index (κ1) is 57.0. The van der Waals surface area contributed by atoms with Crippen LogP contribution in [0.25, 0.3) is 0 Å².